The molecule has 0 unspecified atom stereocenters. The molecule has 1 N–H and O–H groups in total. The lowest BCUT2D eigenvalue weighted by atomic mass is 10.0. The first-order valence-corrected chi connectivity index (χ1v) is 10.6. The predicted molar refractivity (Wildman–Crippen MR) is 117 cm³/mol. The van der Waals surface area contributed by atoms with Gasteiger partial charge in [-0.1, -0.05) is 30.3 Å². The van der Waals surface area contributed by atoms with E-state index in [9.17, 15) is 14.0 Å². The zero-order valence-electron chi connectivity index (χ0n) is 16.5. The summed E-state index contributed by atoms with van der Waals surface area (Å²) in [6.07, 6.45) is 0.908. The van der Waals surface area contributed by atoms with Crippen molar-refractivity contribution in [2.45, 2.75) is 13.3 Å². The Morgan fingerprint density at radius 1 is 1.17 bits per heavy atom. The highest BCUT2D eigenvalue weighted by molar-refractivity contribution is 7.15. The fourth-order valence-corrected chi connectivity index (χ4v) is 4.58. The number of nitrogens with zero attached hydrogens (tertiary/aromatic N) is 1. The van der Waals surface area contributed by atoms with Gasteiger partial charge in [0, 0.05) is 23.2 Å². The van der Waals surface area contributed by atoms with Gasteiger partial charge >= 0.3 is 5.97 Å². The van der Waals surface area contributed by atoms with Crippen molar-refractivity contribution in [3.05, 3.63) is 70.9 Å². The number of carbonyl (C=O) groups is 2. The maximum absolute atomic E-state index is 13.3. The largest absolute Gasteiger partial charge is 0.462 e. The minimum Gasteiger partial charge on any atom is -0.462 e. The average molecular weight is 424 g/mol. The van der Waals surface area contributed by atoms with Gasteiger partial charge in [-0.2, -0.15) is 0 Å². The van der Waals surface area contributed by atoms with Gasteiger partial charge in [0.2, 0.25) is 5.91 Å². The van der Waals surface area contributed by atoms with E-state index in [0.717, 1.165) is 18.7 Å². The number of ether oxygens (including phenoxy) is 1. The fourth-order valence-electron chi connectivity index (χ4n) is 3.61. The van der Waals surface area contributed by atoms with Gasteiger partial charge in [-0.3, -0.25) is 4.79 Å². The molecule has 30 heavy (non-hydrogen) atoms. The molecule has 1 aliphatic rings. The number of carbonyl (C=O) groups excluding carboxylic acids is 2. The summed E-state index contributed by atoms with van der Waals surface area (Å²) >= 11 is 1.26. The zero-order valence-corrected chi connectivity index (χ0v) is 17.3. The molecule has 1 aliphatic heterocycles. The molecule has 2 aromatic carbocycles. The van der Waals surface area contributed by atoms with Crippen molar-refractivity contribution < 1.29 is 18.7 Å². The topological polar surface area (TPSA) is 58.6 Å². The number of thiophene rings is 1. The summed E-state index contributed by atoms with van der Waals surface area (Å²) in [5.41, 5.74) is 3.89. The van der Waals surface area contributed by atoms with Crippen LogP contribution in [0.15, 0.2) is 53.9 Å². The minimum atomic E-state index is -0.514. The molecule has 0 spiro atoms. The molecule has 1 amide bonds. The van der Waals surface area contributed by atoms with Gasteiger partial charge < -0.3 is 15.0 Å². The second-order valence-electron chi connectivity index (χ2n) is 6.93. The Morgan fingerprint density at radius 3 is 2.70 bits per heavy atom. The van der Waals surface area contributed by atoms with Crippen LogP contribution >= 0.6 is 11.3 Å². The summed E-state index contributed by atoms with van der Waals surface area (Å²) in [5, 5.41) is 5.09. The lowest BCUT2D eigenvalue weighted by Crippen LogP contribution is -2.32. The molecule has 0 atom stereocenters. The molecule has 0 radical (unpaired) electrons. The van der Waals surface area contributed by atoms with Gasteiger partial charge in [0.05, 0.1) is 13.2 Å². The Balaban J connectivity index is 1.57. The number of hydrogen-bond donors (Lipinski definition) is 1. The third-order valence-corrected chi connectivity index (χ3v) is 5.89. The Hall–Kier alpha value is -3.19. The molecule has 0 saturated heterocycles. The van der Waals surface area contributed by atoms with Crippen molar-refractivity contribution in [2.24, 2.45) is 0 Å². The third kappa shape index (κ3) is 4.07. The molecule has 0 saturated carbocycles. The molecular weight excluding hydrogens is 403 g/mol. The molecule has 4 rings (SSSR count). The number of benzene rings is 2. The number of esters is 1. The van der Waals surface area contributed by atoms with E-state index in [1.165, 1.54) is 29.0 Å². The maximum atomic E-state index is 13.3. The van der Waals surface area contributed by atoms with E-state index in [-0.39, 0.29) is 24.9 Å². The number of halogens is 1. The van der Waals surface area contributed by atoms with Crippen molar-refractivity contribution in [2.75, 3.05) is 29.9 Å². The van der Waals surface area contributed by atoms with Crippen LogP contribution in [0.1, 0.15) is 22.8 Å². The molecule has 0 aliphatic carbocycles. The SMILES string of the molecule is CCOC(=O)c1c(-c2ccc(F)cc2)csc1NC(=O)CN1CCc2ccccc21. The number of para-hydroxylation sites is 1. The summed E-state index contributed by atoms with van der Waals surface area (Å²) in [5.74, 6) is -1.07. The molecule has 0 fully saturated rings. The second-order valence-corrected chi connectivity index (χ2v) is 7.81. The molecule has 7 heteroatoms. The number of hydrogen-bond acceptors (Lipinski definition) is 5. The monoisotopic (exact) mass is 424 g/mol. The van der Waals surface area contributed by atoms with E-state index in [2.05, 4.69) is 11.4 Å². The van der Waals surface area contributed by atoms with Crippen molar-refractivity contribution in [1.82, 2.24) is 0 Å². The van der Waals surface area contributed by atoms with Crippen LogP contribution in [0.5, 0.6) is 0 Å². The van der Waals surface area contributed by atoms with Crippen molar-refractivity contribution >= 4 is 33.9 Å². The Labute approximate surface area is 178 Å². The normalized spacial score (nSPS) is 12.5. The van der Waals surface area contributed by atoms with Crippen LogP contribution in [-0.2, 0) is 16.0 Å². The van der Waals surface area contributed by atoms with E-state index in [1.54, 1.807) is 24.4 Å². The van der Waals surface area contributed by atoms with Crippen LogP contribution < -0.4 is 10.2 Å². The zero-order chi connectivity index (χ0) is 21.1. The van der Waals surface area contributed by atoms with E-state index in [1.807, 2.05) is 23.1 Å². The highest BCUT2D eigenvalue weighted by Crippen LogP contribution is 2.36. The summed E-state index contributed by atoms with van der Waals surface area (Å²) < 4.78 is 18.5. The van der Waals surface area contributed by atoms with Gasteiger partial charge in [0.15, 0.2) is 0 Å². The summed E-state index contributed by atoms with van der Waals surface area (Å²) in [6, 6.07) is 13.9. The maximum Gasteiger partial charge on any atom is 0.341 e. The van der Waals surface area contributed by atoms with E-state index < -0.39 is 5.97 Å². The smallest absolute Gasteiger partial charge is 0.341 e. The van der Waals surface area contributed by atoms with Gasteiger partial charge in [-0.05, 0) is 42.7 Å². The minimum absolute atomic E-state index is 0.197. The van der Waals surface area contributed by atoms with Gasteiger partial charge in [0.1, 0.15) is 16.4 Å². The fraction of sp³-hybridized carbons (Fsp3) is 0.217. The number of nitrogens with one attached hydrogen (secondary N) is 1. The van der Waals surface area contributed by atoms with Gasteiger partial charge in [-0.15, -0.1) is 11.3 Å². The van der Waals surface area contributed by atoms with Gasteiger partial charge in [0.25, 0.3) is 0 Å². The van der Waals surface area contributed by atoms with E-state index in [4.69, 9.17) is 4.74 Å². The van der Waals surface area contributed by atoms with Crippen LogP contribution in [0, 0.1) is 5.82 Å². The highest BCUT2D eigenvalue weighted by Gasteiger charge is 2.25. The first kappa shape index (κ1) is 20.1. The second kappa shape index (κ2) is 8.67. The molecule has 5 nitrogen and oxygen atoms in total. The van der Waals surface area contributed by atoms with E-state index in [0.29, 0.717) is 21.7 Å². The molecule has 3 aromatic rings. The van der Waals surface area contributed by atoms with Crippen LogP contribution in [0.25, 0.3) is 11.1 Å². The molecule has 1 aromatic heterocycles. The van der Waals surface area contributed by atoms with E-state index >= 15 is 0 Å². The van der Waals surface area contributed by atoms with Crippen molar-refractivity contribution in [3.63, 3.8) is 0 Å². The lowest BCUT2D eigenvalue weighted by Gasteiger charge is -2.18. The summed E-state index contributed by atoms with van der Waals surface area (Å²) in [6.45, 7) is 2.92. The Kier molecular flexibility index (Phi) is 5.81. The number of amides is 1. The third-order valence-electron chi connectivity index (χ3n) is 5.00. The van der Waals surface area contributed by atoms with Crippen molar-refractivity contribution in [3.8, 4) is 11.1 Å². The molecule has 2 heterocycles. The average Bonchev–Trinajstić information content (AvgIpc) is 3.33. The quantitative estimate of drug-likeness (QED) is 0.581. The van der Waals surface area contributed by atoms with Gasteiger partial charge in [-0.25, -0.2) is 9.18 Å². The van der Waals surface area contributed by atoms with Crippen molar-refractivity contribution in [1.29, 1.82) is 0 Å². The predicted octanol–water partition coefficient (Wildman–Crippen LogP) is 4.73. The summed E-state index contributed by atoms with van der Waals surface area (Å²) in [7, 11) is 0. The first-order chi connectivity index (χ1) is 14.6. The van der Waals surface area contributed by atoms with Crippen LogP contribution in [0.4, 0.5) is 15.1 Å². The number of fused-ring (bicyclic) bond motifs is 1. The van der Waals surface area contributed by atoms with Crippen LogP contribution in [0.3, 0.4) is 0 Å². The number of rotatable bonds is 6. The molecular formula is C23H21FN2O3S. The van der Waals surface area contributed by atoms with Crippen LogP contribution in [-0.4, -0.2) is 31.6 Å². The number of anilines is 2. The highest BCUT2D eigenvalue weighted by atomic mass is 32.1. The summed E-state index contributed by atoms with van der Waals surface area (Å²) in [4.78, 5) is 27.4. The Morgan fingerprint density at radius 2 is 1.93 bits per heavy atom. The Bertz CT molecular complexity index is 1080. The lowest BCUT2D eigenvalue weighted by molar-refractivity contribution is -0.114. The van der Waals surface area contributed by atoms with Crippen LogP contribution in [0.2, 0.25) is 0 Å². The standard InChI is InChI=1S/C23H21FN2O3S/c1-2-29-23(28)21-18(15-7-9-17(24)10-8-15)14-30-22(21)25-20(27)13-26-12-11-16-5-3-4-6-19(16)26/h3-10,14H,2,11-13H2,1H3,(H,25,27). The molecule has 0 bridgehead atoms. The first-order valence-electron chi connectivity index (χ1n) is 9.74. The molecule has 154 valence electrons.